The molecule has 0 unspecified atom stereocenters. The van der Waals surface area contributed by atoms with Crippen molar-refractivity contribution in [3.05, 3.63) is 63.9 Å². The fourth-order valence-electron chi connectivity index (χ4n) is 1.68. The van der Waals surface area contributed by atoms with Crippen LogP contribution in [0.1, 0.15) is 15.9 Å². The van der Waals surface area contributed by atoms with Gasteiger partial charge in [-0.25, -0.2) is 9.18 Å². The third-order valence-corrected chi connectivity index (χ3v) is 3.35. The van der Waals surface area contributed by atoms with Gasteiger partial charge in [0.25, 0.3) is 0 Å². The lowest BCUT2D eigenvalue weighted by Gasteiger charge is -2.10. The van der Waals surface area contributed by atoms with Crippen LogP contribution in [-0.2, 0) is 11.3 Å². The highest BCUT2D eigenvalue weighted by molar-refractivity contribution is 9.10. The first kappa shape index (κ1) is 14.5. The lowest BCUT2D eigenvalue weighted by molar-refractivity contribution is 0.0597. The smallest absolute Gasteiger partial charge is 0.338 e. The summed E-state index contributed by atoms with van der Waals surface area (Å²) in [5.74, 6) is -0.430. The standard InChI is InChI=1S/C15H12BrFO3/c1-19-15(18)12-5-3-2-4-10(12)9-20-11-6-7-13(16)14(17)8-11/h2-8H,9H2,1H3. The monoisotopic (exact) mass is 338 g/mol. The van der Waals surface area contributed by atoms with Crippen molar-refractivity contribution < 1.29 is 18.7 Å². The van der Waals surface area contributed by atoms with E-state index in [1.807, 2.05) is 0 Å². The van der Waals surface area contributed by atoms with E-state index in [2.05, 4.69) is 15.9 Å². The van der Waals surface area contributed by atoms with Crippen LogP contribution in [0, 0.1) is 5.82 Å². The lowest BCUT2D eigenvalue weighted by Crippen LogP contribution is -2.07. The first-order chi connectivity index (χ1) is 9.61. The number of halogens is 2. The number of carbonyl (C=O) groups is 1. The Balaban J connectivity index is 2.14. The van der Waals surface area contributed by atoms with Crippen LogP contribution in [0.4, 0.5) is 4.39 Å². The molecule has 0 aliphatic rings. The minimum absolute atomic E-state index is 0.159. The van der Waals surface area contributed by atoms with E-state index >= 15 is 0 Å². The van der Waals surface area contributed by atoms with Gasteiger partial charge in [0, 0.05) is 11.6 Å². The van der Waals surface area contributed by atoms with E-state index in [0.717, 1.165) is 0 Å². The fraction of sp³-hybridized carbons (Fsp3) is 0.133. The van der Waals surface area contributed by atoms with E-state index in [9.17, 15) is 9.18 Å². The zero-order valence-corrected chi connectivity index (χ0v) is 12.3. The fourth-order valence-corrected chi connectivity index (χ4v) is 1.93. The molecule has 0 saturated carbocycles. The maximum Gasteiger partial charge on any atom is 0.338 e. The van der Waals surface area contributed by atoms with Crippen LogP contribution in [-0.4, -0.2) is 13.1 Å². The van der Waals surface area contributed by atoms with Gasteiger partial charge in [0.05, 0.1) is 17.1 Å². The van der Waals surface area contributed by atoms with Crippen LogP contribution in [0.5, 0.6) is 5.75 Å². The van der Waals surface area contributed by atoms with Gasteiger partial charge < -0.3 is 9.47 Å². The Morgan fingerprint density at radius 2 is 2.00 bits per heavy atom. The van der Waals surface area contributed by atoms with Crippen molar-refractivity contribution in [1.82, 2.24) is 0 Å². The van der Waals surface area contributed by atoms with Gasteiger partial charge in [-0.1, -0.05) is 18.2 Å². The molecule has 2 rings (SSSR count). The van der Waals surface area contributed by atoms with Crippen molar-refractivity contribution in [2.24, 2.45) is 0 Å². The molecular weight excluding hydrogens is 327 g/mol. The van der Waals surface area contributed by atoms with E-state index in [-0.39, 0.29) is 6.61 Å². The molecule has 0 aliphatic carbocycles. The van der Waals surface area contributed by atoms with Gasteiger partial charge in [-0.15, -0.1) is 0 Å². The van der Waals surface area contributed by atoms with Gasteiger partial charge in [-0.3, -0.25) is 0 Å². The molecule has 0 aliphatic heterocycles. The Morgan fingerprint density at radius 3 is 2.70 bits per heavy atom. The van der Waals surface area contributed by atoms with Crippen LogP contribution < -0.4 is 4.74 Å². The molecule has 0 heterocycles. The van der Waals surface area contributed by atoms with Gasteiger partial charge in [0.1, 0.15) is 18.2 Å². The average molecular weight is 339 g/mol. The highest BCUT2D eigenvalue weighted by Crippen LogP contribution is 2.22. The second-order valence-electron chi connectivity index (χ2n) is 4.01. The lowest BCUT2D eigenvalue weighted by atomic mass is 10.1. The number of hydrogen-bond donors (Lipinski definition) is 0. The molecule has 0 amide bonds. The Bertz CT molecular complexity index is 628. The zero-order chi connectivity index (χ0) is 14.5. The number of esters is 1. The van der Waals surface area contributed by atoms with Crippen molar-refractivity contribution in [3.63, 3.8) is 0 Å². The van der Waals surface area contributed by atoms with Gasteiger partial charge in [-0.05, 0) is 34.1 Å². The Hall–Kier alpha value is -1.88. The minimum atomic E-state index is -0.425. The first-order valence-corrected chi connectivity index (χ1v) is 6.65. The van der Waals surface area contributed by atoms with Crippen LogP contribution in [0.2, 0.25) is 0 Å². The molecule has 20 heavy (non-hydrogen) atoms. The largest absolute Gasteiger partial charge is 0.489 e. The molecule has 0 bridgehead atoms. The summed E-state index contributed by atoms with van der Waals surface area (Å²) in [6.07, 6.45) is 0. The van der Waals surface area contributed by atoms with E-state index in [1.165, 1.54) is 13.2 Å². The average Bonchev–Trinajstić information content (AvgIpc) is 2.48. The van der Waals surface area contributed by atoms with Gasteiger partial charge in [0.15, 0.2) is 0 Å². The highest BCUT2D eigenvalue weighted by Gasteiger charge is 2.11. The molecule has 2 aromatic rings. The summed E-state index contributed by atoms with van der Waals surface area (Å²) < 4.78 is 23.9. The summed E-state index contributed by atoms with van der Waals surface area (Å²) in [6, 6.07) is 11.5. The first-order valence-electron chi connectivity index (χ1n) is 5.86. The molecule has 0 radical (unpaired) electrons. The molecule has 0 spiro atoms. The summed E-state index contributed by atoms with van der Waals surface area (Å²) in [7, 11) is 1.32. The SMILES string of the molecule is COC(=O)c1ccccc1COc1ccc(Br)c(F)c1. The molecule has 0 saturated heterocycles. The normalized spacial score (nSPS) is 10.2. The predicted molar refractivity (Wildman–Crippen MR) is 76.2 cm³/mol. The van der Waals surface area contributed by atoms with Crippen molar-refractivity contribution in [2.75, 3.05) is 7.11 Å². The number of rotatable bonds is 4. The van der Waals surface area contributed by atoms with Crippen molar-refractivity contribution in [3.8, 4) is 5.75 Å². The molecule has 0 atom stereocenters. The molecule has 3 nitrogen and oxygen atoms in total. The number of benzene rings is 2. The summed E-state index contributed by atoms with van der Waals surface area (Å²) in [4.78, 5) is 11.6. The maximum atomic E-state index is 13.4. The van der Waals surface area contributed by atoms with E-state index in [4.69, 9.17) is 9.47 Å². The van der Waals surface area contributed by atoms with E-state index in [0.29, 0.717) is 21.3 Å². The van der Waals surface area contributed by atoms with E-state index < -0.39 is 11.8 Å². The van der Waals surface area contributed by atoms with Crippen LogP contribution in [0.15, 0.2) is 46.9 Å². The molecule has 0 aromatic heterocycles. The predicted octanol–water partition coefficient (Wildman–Crippen LogP) is 3.95. The Morgan fingerprint density at radius 1 is 1.25 bits per heavy atom. The highest BCUT2D eigenvalue weighted by atomic mass is 79.9. The van der Waals surface area contributed by atoms with Crippen LogP contribution in [0.25, 0.3) is 0 Å². The number of methoxy groups -OCH3 is 1. The summed E-state index contributed by atoms with van der Waals surface area (Å²) in [5.41, 5.74) is 1.12. The zero-order valence-electron chi connectivity index (χ0n) is 10.7. The van der Waals surface area contributed by atoms with Crippen molar-refractivity contribution >= 4 is 21.9 Å². The minimum Gasteiger partial charge on any atom is -0.489 e. The Kier molecular flexibility index (Phi) is 4.74. The molecule has 104 valence electrons. The van der Waals surface area contributed by atoms with Crippen molar-refractivity contribution in [2.45, 2.75) is 6.61 Å². The summed E-state index contributed by atoms with van der Waals surface area (Å²) >= 11 is 3.07. The quantitative estimate of drug-likeness (QED) is 0.791. The summed E-state index contributed by atoms with van der Waals surface area (Å²) in [5, 5.41) is 0. The van der Waals surface area contributed by atoms with Crippen LogP contribution >= 0.6 is 15.9 Å². The molecular formula is C15H12BrFO3. The third kappa shape index (κ3) is 3.36. The van der Waals surface area contributed by atoms with Gasteiger partial charge in [-0.2, -0.15) is 0 Å². The molecule has 0 fully saturated rings. The number of hydrogen-bond acceptors (Lipinski definition) is 3. The van der Waals surface area contributed by atoms with Crippen LogP contribution in [0.3, 0.4) is 0 Å². The van der Waals surface area contributed by atoms with Gasteiger partial charge in [0.2, 0.25) is 0 Å². The molecule has 5 heteroatoms. The second kappa shape index (κ2) is 6.52. The molecule has 2 aromatic carbocycles. The molecule has 0 N–H and O–H groups in total. The number of carbonyl (C=O) groups excluding carboxylic acids is 1. The topological polar surface area (TPSA) is 35.5 Å². The van der Waals surface area contributed by atoms with Gasteiger partial charge >= 0.3 is 5.97 Å². The number of ether oxygens (including phenoxy) is 2. The van der Waals surface area contributed by atoms with Crippen molar-refractivity contribution in [1.29, 1.82) is 0 Å². The Labute approximate surface area is 124 Å². The third-order valence-electron chi connectivity index (χ3n) is 2.71. The second-order valence-corrected chi connectivity index (χ2v) is 4.87. The maximum absolute atomic E-state index is 13.4. The van der Waals surface area contributed by atoms with E-state index in [1.54, 1.807) is 36.4 Å². The summed E-state index contributed by atoms with van der Waals surface area (Å²) in [6.45, 7) is 0.159.